The molecule has 0 aliphatic carbocycles. The van der Waals surface area contributed by atoms with Crippen LogP contribution in [0.3, 0.4) is 0 Å². The molecule has 0 aromatic carbocycles. The van der Waals surface area contributed by atoms with E-state index in [1.807, 2.05) is 27.7 Å². The highest BCUT2D eigenvalue weighted by Crippen LogP contribution is 2.06. The van der Waals surface area contributed by atoms with Gasteiger partial charge in [-0.15, -0.1) is 0 Å². The first-order valence-corrected chi connectivity index (χ1v) is 6.82. The van der Waals surface area contributed by atoms with Crippen LogP contribution in [0.2, 0.25) is 0 Å². The normalized spacial score (nSPS) is 16.7. The fourth-order valence-electron chi connectivity index (χ4n) is 1.59. The fraction of sp³-hybridized carbons (Fsp3) is 1.00. The summed E-state index contributed by atoms with van der Waals surface area (Å²) in [5, 5.41) is 16.5. The minimum absolute atomic E-state index is 0.00520. The lowest BCUT2D eigenvalue weighted by molar-refractivity contribution is -0.00138. The van der Waals surface area contributed by atoms with Gasteiger partial charge in [0.05, 0.1) is 18.3 Å². The van der Waals surface area contributed by atoms with Crippen LogP contribution in [0.5, 0.6) is 0 Å². The van der Waals surface area contributed by atoms with Crippen LogP contribution in [-0.4, -0.2) is 48.1 Å². The molecule has 0 unspecified atom stereocenters. The van der Waals surface area contributed by atoms with Gasteiger partial charge in [0.15, 0.2) is 0 Å². The maximum Gasteiger partial charge on any atom is 0.0677 e. The van der Waals surface area contributed by atoms with Gasteiger partial charge in [-0.1, -0.05) is 0 Å². The van der Waals surface area contributed by atoms with Gasteiger partial charge in [0.2, 0.25) is 0 Å². The van der Waals surface area contributed by atoms with E-state index in [-0.39, 0.29) is 23.3 Å². The maximum absolute atomic E-state index is 9.73. The van der Waals surface area contributed by atoms with Gasteiger partial charge in [0.1, 0.15) is 0 Å². The van der Waals surface area contributed by atoms with Gasteiger partial charge >= 0.3 is 0 Å². The first-order chi connectivity index (χ1) is 8.01. The Morgan fingerprint density at radius 1 is 1.11 bits per heavy atom. The predicted molar refractivity (Wildman–Crippen MR) is 76.9 cm³/mol. The Bertz CT molecular complexity index is 217. The van der Waals surface area contributed by atoms with E-state index in [4.69, 9.17) is 4.74 Å². The Hall–Kier alpha value is -0.160. The molecule has 4 nitrogen and oxygen atoms in total. The summed E-state index contributed by atoms with van der Waals surface area (Å²) in [6.07, 6.45) is -0.375. The van der Waals surface area contributed by atoms with Gasteiger partial charge in [-0.25, -0.2) is 0 Å². The summed E-state index contributed by atoms with van der Waals surface area (Å²) in [5.74, 6) is 0. The lowest BCUT2D eigenvalue weighted by Crippen LogP contribution is -2.53. The van der Waals surface area contributed by atoms with E-state index < -0.39 is 0 Å². The first-order valence-electron chi connectivity index (χ1n) is 6.82. The number of ether oxygens (including phenoxy) is 1. The van der Waals surface area contributed by atoms with Crippen molar-refractivity contribution in [3.63, 3.8) is 0 Å². The Kier molecular flexibility index (Phi) is 7.37. The molecule has 0 radical (unpaired) electrons. The standard InChI is InChI=1S/C14H32N2O2/c1-11(17)12(16-13(2,3)4)10-15-8-9-18-14(5,6)7/h11-12,15-17H,8-10H2,1-7H3/t11-,12-/m1/s1. The van der Waals surface area contributed by atoms with E-state index in [0.717, 1.165) is 13.1 Å². The van der Waals surface area contributed by atoms with E-state index in [9.17, 15) is 5.11 Å². The first kappa shape index (κ1) is 17.8. The summed E-state index contributed by atoms with van der Waals surface area (Å²) in [4.78, 5) is 0. The molecular formula is C14H32N2O2. The summed E-state index contributed by atoms with van der Waals surface area (Å²) in [6.45, 7) is 16.5. The second kappa shape index (κ2) is 7.43. The topological polar surface area (TPSA) is 53.5 Å². The number of rotatable bonds is 7. The fourth-order valence-corrected chi connectivity index (χ4v) is 1.59. The summed E-state index contributed by atoms with van der Waals surface area (Å²) in [6, 6.07) is 0.0552. The van der Waals surface area contributed by atoms with Crippen molar-refractivity contribution in [1.82, 2.24) is 10.6 Å². The number of hydrogen-bond acceptors (Lipinski definition) is 4. The molecule has 110 valence electrons. The van der Waals surface area contributed by atoms with Crippen LogP contribution in [-0.2, 0) is 4.74 Å². The number of aliphatic hydroxyl groups excluding tert-OH is 1. The summed E-state index contributed by atoms with van der Waals surface area (Å²) in [7, 11) is 0. The van der Waals surface area contributed by atoms with E-state index >= 15 is 0 Å². The second-order valence-corrected chi connectivity index (χ2v) is 6.91. The van der Waals surface area contributed by atoms with Crippen LogP contribution < -0.4 is 10.6 Å². The molecule has 0 aliphatic heterocycles. The molecule has 0 heterocycles. The summed E-state index contributed by atoms with van der Waals surface area (Å²) in [5.41, 5.74) is -0.0831. The molecule has 0 bridgehead atoms. The monoisotopic (exact) mass is 260 g/mol. The highest BCUT2D eigenvalue weighted by molar-refractivity contribution is 4.82. The second-order valence-electron chi connectivity index (χ2n) is 6.91. The molecule has 0 spiro atoms. The molecule has 0 fully saturated rings. The minimum atomic E-state index is -0.375. The average molecular weight is 260 g/mol. The van der Waals surface area contributed by atoms with Crippen molar-refractivity contribution in [1.29, 1.82) is 0 Å². The molecule has 0 aliphatic rings. The van der Waals surface area contributed by atoms with E-state index in [1.54, 1.807) is 0 Å². The largest absolute Gasteiger partial charge is 0.392 e. The number of hydrogen-bond donors (Lipinski definition) is 3. The zero-order chi connectivity index (χ0) is 14.4. The molecule has 18 heavy (non-hydrogen) atoms. The van der Waals surface area contributed by atoms with Gasteiger partial charge in [-0.2, -0.15) is 0 Å². The summed E-state index contributed by atoms with van der Waals surface area (Å²) < 4.78 is 5.63. The van der Waals surface area contributed by atoms with Gasteiger partial charge in [0, 0.05) is 24.7 Å². The van der Waals surface area contributed by atoms with Crippen molar-refractivity contribution in [2.45, 2.75) is 71.8 Å². The zero-order valence-corrected chi connectivity index (χ0v) is 13.1. The lowest BCUT2D eigenvalue weighted by atomic mass is 10.0. The molecule has 2 atom stereocenters. The minimum Gasteiger partial charge on any atom is -0.392 e. The average Bonchev–Trinajstić information content (AvgIpc) is 2.11. The van der Waals surface area contributed by atoms with Crippen molar-refractivity contribution in [3.05, 3.63) is 0 Å². The zero-order valence-electron chi connectivity index (χ0n) is 13.1. The molecule has 0 amide bonds. The van der Waals surface area contributed by atoms with Crippen molar-refractivity contribution >= 4 is 0 Å². The van der Waals surface area contributed by atoms with Crippen LogP contribution in [0, 0.1) is 0 Å². The van der Waals surface area contributed by atoms with Crippen LogP contribution in [0.4, 0.5) is 0 Å². The molecule has 0 aromatic rings. The Labute approximate surface area is 112 Å². The van der Waals surface area contributed by atoms with Gasteiger partial charge in [0.25, 0.3) is 0 Å². The van der Waals surface area contributed by atoms with Crippen LogP contribution in [0.1, 0.15) is 48.5 Å². The maximum atomic E-state index is 9.73. The molecule has 0 saturated heterocycles. The Morgan fingerprint density at radius 3 is 2.06 bits per heavy atom. The van der Waals surface area contributed by atoms with Crippen LogP contribution in [0.15, 0.2) is 0 Å². The van der Waals surface area contributed by atoms with Crippen molar-refractivity contribution < 1.29 is 9.84 Å². The highest BCUT2D eigenvalue weighted by Gasteiger charge is 2.20. The van der Waals surface area contributed by atoms with Crippen molar-refractivity contribution in [2.24, 2.45) is 0 Å². The Balaban J connectivity index is 3.85. The lowest BCUT2D eigenvalue weighted by Gasteiger charge is -2.30. The van der Waals surface area contributed by atoms with Gasteiger partial charge < -0.3 is 20.5 Å². The van der Waals surface area contributed by atoms with Gasteiger partial charge in [-0.3, -0.25) is 0 Å². The van der Waals surface area contributed by atoms with Crippen molar-refractivity contribution in [2.75, 3.05) is 19.7 Å². The van der Waals surface area contributed by atoms with Crippen molar-refractivity contribution in [3.8, 4) is 0 Å². The summed E-state index contributed by atoms with van der Waals surface area (Å²) >= 11 is 0. The quantitative estimate of drug-likeness (QED) is 0.608. The van der Waals surface area contributed by atoms with E-state index in [2.05, 4.69) is 31.4 Å². The third-order valence-electron chi connectivity index (χ3n) is 2.38. The smallest absolute Gasteiger partial charge is 0.0677 e. The van der Waals surface area contributed by atoms with Crippen LogP contribution >= 0.6 is 0 Å². The molecule has 0 saturated carbocycles. The Morgan fingerprint density at radius 2 is 1.67 bits per heavy atom. The van der Waals surface area contributed by atoms with E-state index in [0.29, 0.717) is 6.61 Å². The predicted octanol–water partition coefficient (Wildman–Crippen LogP) is 1.53. The number of nitrogens with one attached hydrogen (secondary N) is 2. The highest BCUT2D eigenvalue weighted by atomic mass is 16.5. The van der Waals surface area contributed by atoms with E-state index in [1.165, 1.54) is 0 Å². The molecular weight excluding hydrogens is 228 g/mol. The molecule has 0 rings (SSSR count). The SMILES string of the molecule is C[C@@H](O)[C@@H](CNCCOC(C)(C)C)NC(C)(C)C. The third-order valence-corrected chi connectivity index (χ3v) is 2.38. The number of aliphatic hydroxyl groups is 1. The molecule has 4 heteroatoms. The van der Waals surface area contributed by atoms with Crippen LogP contribution in [0.25, 0.3) is 0 Å². The third kappa shape index (κ3) is 11.0. The molecule has 0 aromatic heterocycles. The molecule has 3 N–H and O–H groups in total. The van der Waals surface area contributed by atoms with Gasteiger partial charge in [-0.05, 0) is 48.5 Å².